The lowest BCUT2D eigenvalue weighted by Gasteiger charge is -2.08. The van der Waals surface area contributed by atoms with Crippen LogP contribution in [0.15, 0.2) is 82.4 Å². The van der Waals surface area contributed by atoms with Crippen molar-refractivity contribution >= 4 is 51.2 Å². The molecule has 0 heterocycles. The second-order valence-corrected chi connectivity index (χ2v) is 7.71. The van der Waals surface area contributed by atoms with E-state index in [0.717, 1.165) is 4.47 Å². The first kappa shape index (κ1) is 24.5. The molecule has 10 heteroatoms. The van der Waals surface area contributed by atoms with E-state index in [1.165, 1.54) is 6.21 Å². The van der Waals surface area contributed by atoms with Crippen LogP contribution in [0.4, 0.5) is 11.4 Å². The number of ether oxygens (including phenoxy) is 2. The number of benzene rings is 3. The molecule has 0 unspecified atom stereocenters. The molecule has 0 aliphatic carbocycles. The lowest BCUT2D eigenvalue weighted by molar-refractivity contribution is -0.136. The van der Waals surface area contributed by atoms with Gasteiger partial charge in [-0.25, -0.2) is 5.43 Å². The molecule has 0 saturated carbocycles. The second-order valence-electron chi connectivity index (χ2n) is 6.80. The van der Waals surface area contributed by atoms with Gasteiger partial charge in [0.1, 0.15) is 11.5 Å². The van der Waals surface area contributed by atoms with E-state index in [9.17, 15) is 14.4 Å². The van der Waals surface area contributed by atoms with E-state index < -0.39 is 11.8 Å². The molecule has 0 atom stereocenters. The van der Waals surface area contributed by atoms with Crippen molar-refractivity contribution in [2.45, 2.75) is 0 Å². The number of hydrogen-bond donors (Lipinski definition) is 3. The topological polar surface area (TPSA) is 118 Å². The first-order valence-corrected chi connectivity index (χ1v) is 10.8. The van der Waals surface area contributed by atoms with Crippen LogP contribution in [0.25, 0.3) is 0 Å². The molecular formula is C24H21BrN4O5. The normalized spacial score (nSPS) is 10.4. The van der Waals surface area contributed by atoms with Crippen LogP contribution in [0, 0.1) is 0 Å². The maximum atomic E-state index is 12.0. The lowest BCUT2D eigenvalue weighted by atomic mass is 10.2. The van der Waals surface area contributed by atoms with Crippen LogP contribution in [0.3, 0.4) is 0 Å². The minimum atomic E-state index is -0.904. The Hall–Kier alpha value is -4.18. The van der Waals surface area contributed by atoms with Crippen LogP contribution in [-0.2, 0) is 14.4 Å². The van der Waals surface area contributed by atoms with Crippen LogP contribution >= 0.6 is 15.9 Å². The SMILES string of the molecule is COc1ccc(NC(=O)COc2ccc(/C=N\NC(=O)C(=O)Nc3cccc(Br)c3)cc2)cc1. The predicted octanol–water partition coefficient (Wildman–Crippen LogP) is 3.56. The number of amides is 3. The molecule has 0 radical (unpaired) electrons. The lowest BCUT2D eigenvalue weighted by Crippen LogP contribution is -2.32. The smallest absolute Gasteiger partial charge is 0.329 e. The minimum Gasteiger partial charge on any atom is -0.497 e. The molecular weight excluding hydrogens is 504 g/mol. The van der Waals surface area contributed by atoms with Crippen LogP contribution in [0.2, 0.25) is 0 Å². The molecule has 3 rings (SSSR count). The van der Waals surface area contributed by atoms with Crippen molar-refractivity contribution < 1.29 is 23.9 Å². The Balaban J connectivity index is 1.42. The zero-order valence-corrected chi connectivity index (χ0v) is 19.7. The van der Waals surface area contributed by atoms with E-state index in [1.807, 2.05) is 0 Å². The minimum absolute atomic E-state index is 0.164. The van der Waals surface area contributed by atoms with E-state index in [2.05, 4.69) is 37.1 Å². The summed E-state index contributed by atoms with van der Waals surface area (Å²) in [5, 5.41) is 8.97. The number of methoxy groups -OCH3 is 1. The number of rotatable bonds is 8. The van der Waals surface area contributed by atoms with Crippen molar-refractivity contribution in [3.63, 3.8) is 0 Å². The Morgan fingerprint density at radius 3 is 2.26 bits per heavy atom. The summed E-state index contributed by atoms with van der Waals surface area (Å²) in [5.41, 5.74) is 3.93. The molecule has 34 heavy (non-hydrogen) atoms. The molecule has 0 bridgehead atoms. The highest BCUT2D eigenvalue weighted by Gasteiger charge is 2.12. The Labute approximate surface area is 204 Å². The number of nitrogens with one attached hydrogen (secondary N) is 3. The van der Waals surface area contributed by atoms with Gasteiger partial charge in [-0.1, -0.05) is 22.0 Å². The van der Waals surface area contributed by atoms with Gasteiger partial charge in [-0.2, -0.15) is 5.10 Å². The number of carbonyl (C=O) groups is 3. The highest BCUT2D eigenvalue weighted by Crippen LogP contribution is 2.16. The summed E-state index contributed by atoms with van der Waals surface area (Å²) in [4.78, 5) is 35.8. The summed E-state index contributed by atoms with van der Waals surface area (Å²) >= 11 is 3.29. The molecule has 0 saturated heterocycles. The summed E-state index contributed by atoms with van der Waals surface area (Å²) in [7, 11) is 1.57. The van der Waals surface area contributed by atoms with Crippen molar-refractivity contribution in [2.75, 3.05) is 24.4 Å². The molecule has 3 aromatic carbocycles. The van der Waals surface area contributed by atoms with Crippen LogP contribution in [-0.4, -0.2) is 37.7 Å². The summed E-state index contributed by atoms with van der Waals surface area (Å²) < 4.78 is 11.3. The average Bonchev–Trinajstić information content (AvgIpc) is 2.84. The summed E-state index contributed by atoms with van der Waals surface area (Å²) in [6.07, 6.45) is 1.38. The van der Waals surface area contributed by atoms with Gasteiger partial charge in [0.05, 0.1) is 13.3 Å². The number of halogens is 1. The van der Waals surface area contributed by atoms with Gasteiger partial charge in [-0.05, 0) is 72.3 Å². The van der Waals surface area contributed by atoms with Gasteiger partial charge < -0.3 is 20.1 Å². The van der Waals surface area contributed by atoms with Gasteiger partial charge >= 0.3 is 11.8 Å². The number of hydrazone groups is 1. The molecule has 0 aromatic heterocycles. The largest absolute Gasteiger partial charge is 0.497 e. The Morgan fingerprint density at radius 1 is 0.882 bits per heavy atom. The predicted molar refractivity (Wildman–Crippen MR) is 132 cm³/mol. The third-order valence-corrected chi connectivity index (χ3v) is 4.79. The number of anilines is 2. The highest BCUT2D eigenvalue weighted by atomic mass is 79.9. The third kappa shape index (κ3) is 7.75. The standard InChI is InChI=1S/C24H21BrN4O5/c1-33-20-11-7-18(8-12-20)27-22(30)15-34-21-9-5-16(6-10-21)14-26-29-24(32)23(31)28-19-4-2-3-17(25)13-19/h2-14H,15H2,1H3,(H,27,30)(H,28,31)(H,29,32)/b26-14-. The molecule has 3 aromatic rings. The number of carbonyl (C=O) groups excluding carboxylic acids is 3. The molecule has 0 fully saturated rings. The molecule has 0 spiro atoms. The molecule has 9 nitrogen and oxygen atoms in total. The third-order valence-electron chi connectivity index (χ3n) is 4.29. The highest BCUT2D eigenvalue weighted by molar-refractivity contribution is 9.10. The molecule has 3 amide bonds. The van der Waals surface area contributed by atoms with Gasteiger partial charge in [0.2, 0.25) is 0 Å². The van der Waals surface area contributed by atoms with Gasteiger partial charge in [-0.15, -0.1) is 0 Å². The summed E-state index contributed by atoms with van der Waals surface area (Å²) in [5.74, 6) is -0.869. The molecule has 174 valence electrons. The van der Waals surface area contributed by atoms with Crippen molar-refractivity contribution in [2.24, 2.45) is 5.10 Å². The Morgan fingerprint density at radius 2 is 1.59 bits per heavy atom. The van der Waals surface area contributed by atoms with Crippen LogP contribution in [0.1, 0.15) is 5.56 Å². The van der Waals surface area contributed by atoms with E-state index in [0.29, 0.717) is 28.4 Å². The van der Waals surface area contributed by atoms with E-state index >= 15 is 0 Å². The Kier molecular flexibility index (Phi) is 8.75. The van der Waals surface area contributed by atoms with E-state index in [4.69, 9.17) is 9.47 Å². The zero-order valence-electron chi connectivity index (χ0n) is 18.1. The first-order chi connectivity index (χ1) is 16.4. The quantitative estimate of drug-likeness (QED) is 0.236. The number of nitrogens with zero attached hydrogens (tertiary/aromatic N) is 1. The molecule has 3 N–H and O–H groups in total. The summed E-state index contributed by atoms with van der Waals surface area (Å²) in [6.45, 7) is -0.164. The maximum absolute atomic E-state index is 12.0. The average molecular weight is 525 g/mol. The summed E-state index contributed by atoms with van der Waals surface area (Å²) in [6, 6.07) is 20.5. The second kappa shape index (κ2) is 12.2. The van der Waals surface area contributed by atoms with E-state index in [1.54, 1.807) is 79.9 Å². The fourth-order valence-electron chi connectivity index (χ4n) is 2.64. The van der Waals surface area contributed by atoms with Crippen molar-refractivity contribution in [3.05, 3.63) is 82.8 Å². The van der Waals surface area contributed by atoms with Gasteiger partial charge in [-0.3, -0.25) is 14.4 Å². The maximum Gasteiger partial charge on any atom is 0.329 e. The fraction of sp³-hybridized carbons (Fsp3) is 0.0833. The molecule has 0 aliphatic rings. The van der Waals surface area contributed by atoms with Gasteiger partial charge in [0.15, 0.2) is 6.61 Å². The Bertz CT molecular complexity index is 1180. The van der Waals surface area contributed by atoms with Crippen LogP contribution in [0.5, 0.6) is 11.5 Å². The van der Waals surface area contributed by atoms with Crippen LogP contribution < -0.4 is 25.5 Å². The molecule has 0 aliphatic heterocycles. The monoisotopic (exact) mass is 524 g/mol. The zero-order chi connectivity index (χ0) is 24.3. The number of hydrogen-bond acceptors (Lipinski definition) is 6. The van der Waals surface area contributed by atoms with E-state index in [-0.39, 0.29) is 12.5 Å². The van der Waals surface area contributed by atoms with Crippen molar-refractivity contribution in [1.29, 1.82) is 0 Å². The van der Waals surface area contributed by atoms with Gasteiger partial charge in [0.25, 0.3) is 5.91 Å². The first-order valence-electron chi connectivity index (χ1n) is 9.99. The van der Waals surface area contributed by atoms with Crippen molar-refractivity contribution in [1.82, 2.24) is 5.43 Å². The van der Waals surface area contributed by atoms with Gasteiger partial charge in [0, 0.05) is 15.8 Å². The fourth-order valence-corrected chi connectivity index (χ4v) is 3.04. The van der Waals surface area contributed by atoms with Crippen molar-refractivity contribution in [3.8, 4) is 11.5 Å².